The third kappa shape index (κ3) is 7.44. The molecular weight excluding hydrogens is 376 g/mol. The van der Waals surface area contributed by atoms with E-state index in [1.165, 1.54) is 19.4 Å². The summed E-state index contributed by atoms with van der Waals surface area (Å²) in [5.74, 6) is 0. The number of hydrogen-bond donors (Lipinski definition) is 3. The number of amides is 2. The van der Waals surface area contributed by atoms with Crippen LogP contribution in [0.15, 0.2) is 54.6 Å². The molecule has 5 N–H and O–H groups in total. The van der Waals surface area contributed by atoms with E-state index in [1.807, 2.05) is 47.4 Å². The molecule has 0 unspecified atom stereocenters. The van der Waals surface area contributed by atoms with Crippen molar-refractivity contribution in [3.63, 3.8) is 0 Å². The minimum Gasteiger partial charge on any atom is -0.400 e. The lowest BCUT2D eigenvalue weighted by molar-refractivity contribution is -0.254. The zero-order valence-corrected chi connectivity index (χ0v) is 18.4. The van der Waals surface area contributed by atoms with Gasteiger partial charge in [-0.15, -0.1) is 0 Å². The monoisotopic (exact) mass is 413 g/mol. The number of urea groups is 1. The summed E-state index contributed by atoms with van der Waals surface area (Å²) in [6.07, 6.45) is 4.53. The van der Waals surface area contributed by atoms with Gasteiger partial charge in [0, 0.05) is 44.5 Å². The third-order valence-corrected chi connectivity index (χ3v) is 5.46. The Morgan fingerprint density at radius 1 is 1.13 bits per heavy atom. The first-order valence-corrected chi connectivity index (χ1v) is 10.9. The topological polar surface area (TPSA) is 83.5 Å². The molecule has 0 bridgehead atoms. The van der Waals surface area contributed by atoms with Crippen molar-refractivity contribution < 1.29 is 15.6 Å². The largest absolute Gasteiger partial charge is 0.400 e. The average molecular weight is 414 g/mol. The van der Waals surface area contributed by atoms with E-state index in [-0.39, 0.29) is 12.1 Å². The van der Waals surface area contributed by atoms with Crippen molar-refractivity contribution in [3.05, 3.63) is 60.2 Å². The minimum atomic E-state index is -0.0264. The molecule has 30 heavy (non-hydrogen) atoms. The van der Waals surface area contributed by atoms with Crippen LogP contribution in [0.1, 0.15) is 38.2 Å². The highest BCUT2D eigenvalue weighted by Crippen LogP contribution is 2.21. The number of aliphatic hydroxyl groups excluding tert-OH is 1. The molecule has 2 amide bonds. The van der Waals surface area contributed by atoms with Crippen molar-refractivity contribution in [1.82, 2.24) is 9.80 Å². The standard InChI is InChI=1S/C23H32N4O.CH4O/c1-2-3-14-26-15-12-22(13-16-26)27(18-19-8-5-4-6-9-19)23(28)25-21-11-7-10-20(24)17-21;1-2/h4-11,17,22H,2-3,12-16,18,24H2,1H3,(H,25,28);2H,1H3/p+1. The molecule has 2 aromatic carbocycles. The molecule has 1 heterocycles. The minimum absolute atomic E-state index is 0.0264. The van der Waals surface area contributed by atoms with Crippen LogP contribution in [0.4, 0.5) is 16.2 Å². The van der Waals surface area contributed by atoms with E-state index >= 15 is 0 Å². The number of nitrogens with one attached hydrogen (secondary N) is 1. The highest BCUT2D eigenvalue weighted by atomic mass is 16.2. The zero-order valence-electron chi connectivity index (χ0n) is 18.4. The number of unbranched alkanes of at least 4 members (excludes halogenated alkanes) is 1. The van der Waals surface area contributed by atoms with Crippen LogP contribution in [0.2, 0.25) is 0 Å². The molecule has 3 rings (SSSR count). The van der Waals surface area contributed by atoms with Crippen molar-refractivity contribution >= 4 is 17.4 Å². The van der Waals surface area contributed by atoms with Gasteiger partial charge in [-0.25, -0.2) is 4.79 Å². The number of likely N-dealkylation sites (tertiary alicyclic amines) is 1. The molecule has 2 aromatic rings. The van der Waals surface area contributed by atoms with Gasteiger partial charge < -0.3 is 26.0 Å². The Morgan fingerprint density at radius 3 is 2.47 bits per heavy atom. The number of rotatable bonds is 7. The van der Waals surface area contributed by atoms with Crippen LogP contribution in [0.25, 0.3) is 0 Å². The fourth-order valence-electron chi connectivity index (χ4n) is 3.83. The molecule has 1 saturated heterocycles. The Hall–Kier alpha value is -2.41. The molecule has 1 aliphatic rings. The number of hydrogen-bond acceptors (Lipinski definition) is 3. The Balaban J connectivity index is 0.00000155. The molecule has 0 saturated carbocycles. The molecule has 0 atom stereocenters. The van der Waals surface area contributed by atoms with E-state index in [0.29, 0.717) is 6.54 Å². The highest BCUT2D eigenvalue weighted by Gasteiger charge is 2.28. The lowest BCUT2D eigenvalue weighted by Gasteiger charge is -2.38. The van der Waals surface area contributed by atoms with Crippen LogP contribution < -0.4 is 11.1 Å². The van der Waals surface area contributed by atoms with Gasteiger partial charge in [0.2, 0.25) is 0 Å². The van der Waals surface area contributed by atoms with Crippen molar-refractivity contribution in [2.45, 2.75) is 45.2 Å². The Morgan fingerprint density at radius 2 is 1.83 bits per heavy atom. The van der Waals surface area contributed by atoms with E-state index in [4.69, 9.17) is 5.11 Å². The molecule has 1 aliphatic heterocycles. The van der Waals surface area contributed by atoms with Gasteiger partial charge in [0.15, 0.2) is 0 Å². The summed E-state index contributed by atoms with van der Waals surface area (Å²) < 4.78 is 0. The molecule has 1 fully saturated rings. The Labute approximate surface area is 180 Å². The highest BCUT2D eigenvalue weighted by molar-refractivity contribution is 5.89. The van der Waals surface area contributed by atoms with E-state index < -0.39 is 0 Å². The summed E-state index contributed by atoms with van der Waals surface area (Å²) >= 11 is 0. The average Bonchev–Trinajstić information content (AvgIpc) is 2.78. The van der Waals surface area contributed by atoms with Crippen LogP contribution in [0, 0.1) is 0 Å². The maximum Gasteiger partial charge on any atom is 0.322 e. The third-order valence-electron chi connectivity index (χ3n) is 5.46. The lowest BCUT2D eigenvalue weighted by atomic mass is 10.0. The van der Waals surface area contributed by atoms with E-state index in [0.717, 1.165) is 50.0 Å². The van der Waals surface area contributed by atoms with Crippen LogP contribution in [-0.2, 0) is 6.54 Å². The van der Waals surface area contributed by atoms with Crippen molar-refractivity contribution in [1.29, 1.82) is 0 Å². The van der Waals surface area contributed by atoms with Crippen molar-refractivity contribution in [3.8, 4) is 0 Å². The Bertz CT molecular complexity index is 746. The van der Waals surface area contributed by atoms with Crippen molar-refractivity contribution in [2.75, 3.05) is 32.1 Å². The van der Waals surface area contributed by atoms with E-state index in [1.54, 1.807) is 0 Å². The SMILES string of the molecule is CCCCN1CCC(N(Cc2ccccc2)C(=O)Nc2cccc([NH3+])c2)CC1.CO. The number of benzene rings is 2. The second-order valence-corrected chi connectivity index (χ2v) is 7.67. The van der Waals surface area contributed by atoms with Crippen molar-refractivity contribution in [2.24, 2.45) is 0 Å². The summed E-state index contributed by atoms with van der Waals surface area (Å²) in [7, 11) is 1.00. The summed E-state index contributed by atoms with van der Waals surface area (Å²) in [6, 6.07) is 18.2. The second-order valence-electron chi connectivity index (χ2n) is 7.67. The number of quaternary nitrogens is 1. The normalized spacial score (nSPS) is 14.5. The number of carbonyl (C=O) groups is 1. The quantitative estimate of drug-likeness (QED) is 0.650. The van der Waals surface area contributed by atoms with Gasteiger partial charge in [0.1, 0.15) is 5.69 Å². The van der Waals surface area contributed by atoms with Gasteiger partial charge in [-0.05, 0) is 43.5 Å². The molecule has 6 heteroatoms. The van der Waals surface area contributed by atoms with Gasteiger partial charge in [0.05, 0.1) is 0 Å². The number of carbonyl (C=O) groups excluding carboxylic acids is 1. The predicted octanol–water partition coefficient (Wildman–Crippen LogP) is 3.47. The van der Waals surface area contributed by atoms with Gasteiger partial charge in [0.25, 0.3) is 0 Å². The molecule has 6 nitrogen and oxygen atoms in total. The Kier molecular flexibility index (Phi) is 10.3. The van der Waals surface area contributed by atoms with Crippen LogP contribution in [0.5, 0.6) is 0 Å². The molecule has 0 aliphatic carbocycles. The smallest absolute Gasteiger partial charge is 0.322 e. The second kappa shape index (κ2) is 13.0. The molecule has 0 spiro atoms. The fraction of sp³-hybridized carbons (Fsp3) is 0.458. The molecule has 164 valence electrons. The summed E-state index contributed by atoms with van der Waals surface area (Å²) in [4.78, 5) is 17.7. The summed E-state index contributed by atoms with van der Waals surface area (Å²) in [5, 5.41) is 10.1. The predicted molar refractivity (Wildman–Crippen MR) is 123 cm³/mol. The first-order valence-electron chi connectivity index (χ1n) is 10.9. The number of anilines is 1. The molecule has 0 aromatic heterocycles. The number of nitrogens with zero attached hydrogens (tertiary/aromatic N) is 2. The van der Waals surface area contributed by atoms with Crippen LogP contribution in [0.3, 0.4) is 0 Å². The summed E-state index contributed by atoms with van der Waals surface area (Å²) in [5.41, 5.74) is 6.82. The number of aliphatic hydroxyl groups is 1. The van der Waals surface area contributed by atoms with Gasteiger partial charge in [-0.2, -0.15) is 0 Å². The van der Waals surface area contributed by atoms with Gasteiger partial charge >= 0.3 is 6.03 Å². The number of piperidine rings is 1. The first kappa shape index (κ1) is 23.9. The van der Waals surface area contributed by atoms with Gasteiger partial charge in [-0.3, -0.25) is 0 Å². The first-order chi connectivity index (χ1) is 14.7. The van der Waals surface area contributed by atoms with E-state index in [9.17, 15) is 4.79 Å². The maximum atomic E-state index is 13.2. The maximum absolute atomic E-state index is 13.2. The van der Waals surface area contributed by atoms with Gasteiger partial charge in [-0.1, -0.05) is 49.7 Å². The molecule has 0 radical (unpaired) electrons. The van der Waals surface area contributed by atoms with Crippen LogP contribution in [-0.4, -0.2) is 53.7 Å². The lowest BCUT2D eigenvalue weighted by Crippen LogP contribution is -2.48. The fourth-order valence-corrected chi connectivity index (χ4v) is 3.83. The summed E-state index contributed by atoms with van der Waals surface area (Å²) in [6.45, 7) is 6.18. The van der Waals surface area contributed by atoms with Crippen LogP contribution >= 0.6 is 0 Å². The zero-order chi connectivity index (χ0) is 21.8. The molecular formula is C24H37N4O2+. The van der Waals surface area contributed by atoms with E-state index in [2.05, 4.69) is 35.0 Å².